The average Bonchev–Trinajstić information content (AvgIpc) is 2.22. The van der Waals surface area contributed by atoms with Gasteiger partial charge in [-0.3, -0.25) is 4.79 Å². The van der Waals surface area contributed by atoms with Crippen LogP contribution in [-0.4, -0.2) is 39.6 Å². The third kappa shape index (κ3) is 4.27. The molecule has 1 amide bonds. The zero-order valence-electron chi connectivity index (χ0n) is 11.2. The molecule has 0 aromatic carbocycles. The first-order valence-electron chi connectivity index (χ1n) is 5.89. The molecule has 4 nitrogen and oxygen atoms in total. The number of aromatic nitrogens is 1. The Kier molecular flexibility index (Phi) is 4.71. The van der Waals surface area contributed by atoms with Crippen molar-refractivity contribution in [2.75, 3.05) is 13.1 Å². The number of carbonyl (C=O) groups is 1. The standard InChI is InChI=1S/C13H19ClN2O2/c1-5-16(8-13(3,4)18)12(17)10-6-9(2)15-11(14)7-10/h6-7,18H,5,8H2,1-4H3. The van der Waals surface area contributed by atoms with Crippen LogP contribution in [-0.2, 0) is 0 Å². The molecule has 1 aromatic heterocycles. The highest BCUT2D eigenvalue weighted by Gasteiger charge is 2.22. The molecule has 100 valence electrons. The second-order valence-electron chi connectivity index (χ2n) is 4.95. The van der Waals surface area contributed by atoms with Gasteiger partial charge < -0.3 is 10.0 Å². The van der Waals surface area contributed by atoms with Crippen molar-refractivity contribution in [3.05, 3.63) is 28.5 Å². The van der Waals surface area contributed by atoms with Gasteiger partial charge in [0, 0.05) is 24.3 Å². The van der Waals surface area contributed by atoms with E-state index in [1.165, 1.54) is 0 Å². The lowest BCUT2D eigenvalue weighted by Crippen LogP contribution is -2.42. The molecular weight excluding hydrogens is 252 g/mol. The Morgan fingerprint density at radius 2 is 2.11 bits per heavy atom. The lowest BCUT2D eigenvalue weighted by Gasteiger charge is -2.28. The van der Waals surface area contributed by atoms with Crippen molar-refractivity contribution >= 4 is 17.5 Å². The van der Waals surface area contributed by atoms with Gasteiger partial charge in [0.05, 0.1) is 5.60 Å². The van der Waals surface area contributed by atoms with Gasteiger partial charge in [-0.2, -0.15) is 0 Å². The zero-order valence-corrected chi connectivity index (χ0v) is 12.0. The largest absolute Gasteiger partial charge is 0.389 e. The summed E-state index contributed by atoms with van der Waals surface area (Å²) < 4.78 is 0. The summed E-state index contributed by atoms with van der Waals surface area (Å²) in [5.74, 6) is -0.146. The smallest absolute Gasteiger partial charge is 0.254 e. The number of pyridine rings is 1. The van der Waals surface area contributed by atoms with E-state index in [1.54, 1.807) is 37.8 Å². The van der Waals surface area contributed by atoms with Crippen molar-refractivity contribution in [1.82, 2.24) is 9.88 Å². The summed E-state index contributed by atoms with van der Waals surface area (Å²) >= 11 is 5.84. The van der Waals surface area contributed by atoms with Crippen LogP contribution in [0.25, 0.3) is 0 Å². The van der Waals surface area contributed by atoms with Crippen molar-refractivity contribution in [2.45, 2.75) is 33.3 Å². The Morgan fingerprint density at radius 1 is 1.50 bits per heavy atom. The maximum Gasteiger partial charge on any atom is 0.254 e. The van der Waals surface area contributed by atoms with Crippen LogP contribution in [0.2, 0.25) is 5.15 Å². The number of aliphatic hydroxyl groups is 1. The summed E-state index contributed by atoms with van der Waals surface area (Å²) in [6, 6.07) is 3.24. The van der Waals surface area contributed by atoms with Gasteiger partial charge in [0.15, 0.2) is 0 Å². The van der Waals surface area contributed by atoms with Crippen LogP contribution in [0.3, 0.4) is 0 Å². The normalized spacial score (nSPS) is 11.4. The van der Waals surface area contributed by atoms with Crippen molar-refractivity contribution in [1.29, 1.82) is 0 Å². The predicted molar refractivity (Wildman–Crippen MR) is 71.9 cm³/mol. The molecule has 1 heterocycles. The lowest BCUT2D eigenvalue weighted by atomic mass is 10.1. The zero-order chi connectivity index (χ0) is 13.9. The third-order valence-corrected chi connectivity index (χ3v) is 2.61. The summed E-state index contributed by atoms with van der Waals surface area (Å²) in [4.78, 5) is 17.9. The number of likely N-dealkylation sites (N-methyl/N-ethyl adjacent to an activating group) is 1. The molecule has 0 fully saturated rings. The minimum Gasteiger partial charge on any atom is -0.389 e. The molecule has 0 aliphatic carbocycles. The molecule has 0 atom stereocenters. The molecule has 1 N–H and O–H groups in total. The second kappa shape index (κ2) is 5.67. The number of halogens is 1. The van der Waals surface area contributed by atoms with Crippen LogP contribution in [0.15, 0.2) is 12.1 Å². The Labute approximate surface area is 113 Å². The summed E-state index contributed by atoms with van der Waals surface area (Å²) in [6.45, 7) is 7.82. The Bertz CT molecular complexity index is 421. The summed E-state index contributed by atoms with van der Waals surface area (Å²) in [5, 5.41) is 10.1. The third-order valence-electron chi connectivity index (χ3n) is 2.42. The first-order valence-corrected chi connectivity index (χ1v) is 6.26. The van der Waals surface area contributed by atoms with Crippen LogP contribution < -0.4 is 0 Å². The molecule has 0 aliphatic rings. The molecular formula is C13H19ClN2O2. The molecule has 18 heavy (non-hydrogen) atoms. The summed E-state index contributed by atoms with van der Waals surface area (Å²) in [5.41, 5.74) is 0.279. The van der Waals surface area contributed by atoms with Gasteiger partial charge in [0.2, 0.25) is 0 Å². The maximum absolute atomic E-state index is 12.3. The number of hydrogen-bond acceptors (Lipinski definition) is 3. The first-order chi connectivity index (χ1) is 8.23. The van der Waals surface area contributed by atoms with Gasteiger partial charge in [0.25, 0.3) is 5.91 Å². The van der Waals surface area contributed by atoms with Crippen molar-refractivity contribution < 1.29 is 9.90 Å². The summed E-state index contributed by atoms with van der Waals surface area (Å²) in [6.07, 6.45) is 0. The van der Waals surface area contributed by atoms with E-state index in [9.17, 15) is 9.90 Å². The Morgan fingerprint density at radius 3 is 2.56 bits per heavy atom. The van der Waals surface area contributed by atoms with Gasteiger partial charge in [-0.1, -0.05) is 11.6 Å². The van der Waals surface area contributed by atoms with E-state index in [1.807, 2.05) is 6.92 Å². The molecule has 1 aromatic rings. The number of hydrogen-bond donors (Lipinski definition) is 1. The fourth-order valence-electron chi connectivity index (χ4n) is 1.73. The monoisotopic (exact) mass is 270 g/mol. The fraction of sp³-hybridized carbons (Fsp3) is 0.538. The lowest BCUT2D eigenvalue weighted by molar-refractivity contribution is 0.0314. The molecule has 0 spiro atoms. The van der Waals surface area contributed by atoms with E-state index in [0.29, 0.717) is 23.0 Å². The van der Waals surface area contributed by atoms with Gasteiger partial charge >= 0.3 is 0 Å². The quantitative estimate of drug-likeness (QED) is 0.854. The fourth-order valence-corrected chi connectivity index (χ4v) is 1.98. The molecule has 0 unspecified atom stereocenters. The van der Waals surface area contributed by atoms with Gasteiger partial charge in [-0.05, 0) is 39.8 Å². The second-order valence-corrected chi connectivity index (χ2v) is 5.34. The van der Waals surface area contributed by atoms with Gasteiger partial charge in [-0.15, -0.1) is 0 Å². The van der Waals surface area contributed by atoms with Crippen LogP contribution in [0.5, 0.6) is 0 Å². The average molecular weight is 271 g/mol. The van der Waals surface area contributed by atoms with Gasteiger partial charge in [-0.25, -0.2) is 4.98 Å². The number of rotatable bonds is 4. The Hall–Kier alpha value is -1.13. The van der Waals surface area contributed by atoms with E-state index in [2.05, 4.69) is 4.98 Å². The van der Waals surface area contributed by atoms with E-state index >= 15 is 0 Å². The number of aryl methyl sites for hydroxylation is 1. The molecule has 0 radical (unpaired) electrons. The van der Waals surface area contributed by atoms with E-state index in [0.717, 1.165) is 0 Å². The van der Waals surface area contributed by atoms with E-state index in [-0.39, 0.29) is 12.5 Å². The van der Waals surface area contributed by atoms with E-state index in [4.69, 9.17) is 11.6 Å². The van der Waals surface area contributed by atoms with Crippen molar-refractivity contribution in [3.8, 4) is 0 Å². The molecule has 0 saturated carbocycles. The minimum atomic E-state index is -0.919. The SMILES string of the molecule is CCN(CC(C)(C)O)C(=O)c1cc(C)nc(Cl)c1. The van der Waals surface area contributed by atoms with Crippen molar-refractivity contribution in [2.24, 2.45) is 0 Å². The number of carbonyl (C=O) groups excluding carboxylic acids is 1. The van der Waals surface area contributed by atoms with Crippen LogP contribution in [0, 0.1) is 6.92 Å². The molecule has 0 aliphatic heterocycles. The molecule has 0 bridgehead atoms. The van der Waals surface area contributed by atoms with Crippen LogP contribution in [0.1, 0.15) is 36.8 Å². The highest BCUT2D eigenvalue weighted by atomic mass is 35.5. The molecule has 5 heteroatoms. The van der Waals surface area contributed by atoms with E-state index < -0.39 is 5.60 Å². The highest BCUT2D eigenvalue weighted by Crippen LogP contribution is 2.14. The maximum atomic E-state index is 12.3. The molecule has 0 saturated heterocycles. The highest BCUT2D eigenvalue weighted by molar-refractivity contribution is 6.29. The minimum absolute atomic E-state index is 0.146. The first kappa shape index (κ1) is 14.9. The van der Waals surface area contributed by atoms with Gasteiger partial charge in [0.1, 0.15) is 5.15 Å². The topological polar surface area (TPSA) is 53.4 Å². The predicted octanol–water partition coefficient (Wildman–Crippen LogP) is 2.28. The van der Waals surface area contributed by atoms with Crippen LogP contribution in [0.4, 0.5) is 0 Å². The summed E-state index contributed by atoms with van der Waals surface area (Å²) in [7, 11) is 0. The van der Waals surface area contributed by atoms with Crippen LogP contribution >= 0.6 is 11.6 Å². The Balaban J connectivity index is 2.96. The number of amides is 1. The molecule has 1 rings (SSSR count). The number of nitrogens with zero attached hydrogens (tertiary/aromatic N) is 2. The van der Waals surface area contributed by atoms with Crippen molar-refractivity contribution in [3.63, 3.8) is 0 Å².